The van der Waals surface area contributed by atoms with E-state index in [-0.39, 0.29) is 17.9 Å². The highest BCUT2D eigenvalue weighted by atomic mass is 16.5. The number of hydrogen-bond acceptors (Lipinski definition) is 5. The summed E-state index contributed by atoms with van der Waals surface area (Å²) >= 11 is 0. The van der Waals surface area contributed by atoms with Gasteiger partial charge in [-0.15, -0.1) is 0 Å². The number of hydrogen-bond donors (Lipinski definition) is 3. The monoisotopic (exact) mass is 369 g/mol. The van der Waals surface area contributed by atoms with Gasteiger partial charge in [-0.05, 0) is 47.5 Å². The van der Waals surface area contributed by atoms with E-state index in [1.54, 1.807) is 6.92 Å². The van der Waals surface area contributed by atoms with Gasteiger partial charge in [-0.2, -0.15) is 0 Å². The molecular weight excluding hydrogens is 338 g/mol. The summed E-state index contributed by atoms with van der Waals surface area (Å²) in [5, 5.41) is 7.41. The Balaban J connectivity index is 2.71. The number of urea groups is 1. The van der Waals surface area contributed by atoms with E-state index in [0.29, 0.717) is 19.4 Å². The maximum absolute atomic E-state index is 12.7. The van der Waals surface area contributed by atoms with Gasteiger partial charge in [-0.3, -0.25) is 19.7 Å². The fourth-order valence-corrected chi connectivity index (χ4v) is 3.03. The minimum atomic E-state index is -1.12. The van der Waals surface area contributed by atoms with Crippen molar-refractivity contribution in [2.24, 2.45) is 5.41 Å². The predicted molar refractivity (Wildman–Crippen MR) is 96.2 cm³/mol. The number of amides is 4. The predicted octanol–water partition coefficient (Wildman–Crippen LogP) is 1.63. The third-order valence-corrected chi connectivity index (χ3v) is 4.23. The van der Waals surface area contributed by atoms with Crippen LogP contribution < -0.4 is 16.0 Å². The molecule has 0 radical (unpaired) electrons. The van der Waals surface area contributed by atoms with Crippen LogP contribution in [-0.2, 0) is 19.1 Å². The van der Waals surface area contributed by atoms with E-state index in [1.807, 2.05) is 20.8 Å². The molecule has 0 spiro atoms. The van der Waals surface area contributed by atoms with Crippen LogP contribution in [0.1, 0.15) is 66.7 Å². The molecule has 1 fully saturated rings. The minimum absolute atomic E-state index is 0.0355. The summed E-state index contributed by atoms with van der Waals surface area (Å²) in [6.45, 7) is 9.12. The Labute approximate surface area is 154 Å². The second-order valence-corrected chi connectivity index (χ2v) is 7.86. The van der Waals surface area contributed by atoms with Crippen molar-refractivity contribution in [2.45, 2.75) is 78.4 Å². The van der Waals surface area contributed by atoms with Crippen LogP contribution in [0.2, 0.25) is 0 Å². The summed E-state index contributed by atoms with van der Waals surface area (Å²) in [6, 6.07) is -0.638. The summed E-state index contributed by atoms with van der Waals surface area (Å²) in [7, 11) is 0. The molecule has 8 heteroatoms. The lowest BCUT2D eigenvalue weighted by molar-refractivity contribution is -0.166. The Morgan fingerprint density at radius 2 is 1.69 bits per heavy atom. The summed E-state index contributed by atoms with van der Waals surface area (Å²) in [4.78, 5) is 48.4. The standard InChI is InChI=1S/C18H31N3O5/c1-6-19-16(25)20-14(23)12(2)26-15(24)18(9-7-8-10-18)11-13(22)21-17(3,4)5/h12H,6-11H2,1-5H3,(H,21,22)(H2,19,20,23,25). The lowest BCUT2D eigenvalue weighted by atomic mass is 9.82. The maximum Gasteiger partial charge on any atom is 0.321 e. The van der Waals surface area contributed by atoms with Crippen LogP contribution in [0.5, 0.6) is 0 Å². The summed E-state index contributed by atoms with van der Waals surface area (Å²) in [6.07, 6.45) is 1.68. The summed E-state index contributed by atoms with van der Waals surface area (Å²) in [5.74, 6) is -1.47. The Hall–Kier alpha value is -2.12. The Morgan fingerprint density at radius 1 is 1.12 bits per heavy atom. The second-order valence-electron chi connectivity index (χ2n) is 7.86. The second kappa shape index (κ2) is 9.00. The van der Waals surface area contributed by atoms with Crippen molar-refractivity contribution in [3.8, 4) is 0 Å². The first kappa shape index (κ1) is 21.9. The van der Waals surface area contributed by atoms with Crippen LogP contribution in [-0.4, -0.2) is 42.0 Å². The van der Waals surface area contributed by atoms with E-state index in [0.717, 1.165) is 12.8 Å². The Morgan fingerprint density at radius 3 is 2.19 bits per heavy atom. The fraction of sp³-hybridized carbons (Fsp3) is 0.778. The van der Waals surface area contributed by atoms with Gasteiger partial charge in [0, 0.05) is 18.5 Å². The van der Waals surface area contributed by atoms with Gasteiger partial charge in [-0.1, -0.05) is 12.8 Å². The first-order valence-electron chi connectivity index (χ1n) is 9.10. The normalized spacial score (nSPS) is 17.1. The number of ether oxygens (including phenoxy) is 1. The molecule has 0 aromatic carbocycles. The molecule has 148 valence electrons. The SMILES string of the molecule is CCNC(=O)NC(=O)C(C)OC(=O)C1(CC(=O)NC(C)(C)C)CCCC1. The largest absolute Gasteiger partial charge is 0.452 e. The zero-order chi connectivity index (χ0) is 20.0. The fourth-order valence-electron chi connectivity index (χ4n) is 3.03. The van der Waals surface area contributed by atoms with Crippen LogP contribution in [0.25, 0.3) is 0 Å². The van der Waals surface area contributed by atoms with Gasteiger partial charge in [0.1, 0.15) is 0 Å². The molecule has 4 amide bonds. The molecule has 0 bridgehead atoms. The molecule has 0 saturated heterocycles. The molecule has 3 N–H and O–H groups in total. The maximum atomic E-state index is 12.7. The number of rotatable bonds is 6. The number of carbonyl (C=O) groups is 4. The van der Waals surface area contributed by atoms with E-state index < -0.39 is 29.4 Å². The highest BCUT2D eigenvalue weighted by Crippen LogP contribution is 2.42. The first-order valence-corrected chi connectivity index (χ1v) is 9.10. The van der Waals surface area contributed by atoms with Gasteiger partial charge in [0.15, 0.2) is 6.10 Å². The van der Waals surface area contributed by atoms with Gasteiger partial charge in [0.05, 0.1) is 5.41 Å². The van der Waals surface area contributed by atoms with Crippen LogP contribution in [0, 0.1) is 5.41 Å². The van der Waals surface area contributed by atoms with Crippen molar-refractivity contribution in [3.63, 3.8) is 0 Å². The van der Waals surface area contributed by atoms with Gasteiger partial charge in [0.25, 0.3) is 5.91 Å². The number of nitrogens with one attached hydrogen (secondary N) is 3. The molecule has 1 rings (SSSR count). The molecule has 1 aliphatic rings. The molecule has 1 saturated carbocycles. The van der Waals surface area contributed by atoms with Gasteiger partial charge >= 0.3 is 12.0 Å². The molecule has 0 heterocycles. The molecule has 1 aliphatic carbocycles. The van der Waals surface area contributed by atoms with Crippen molar-refractivity contribution in [1.29, 1.82) is 0 Å². The number of imide groups is 1. The van der Waals surface area contributed by atoms with Crippen LogP contribution in [0.15, 0.2) is 0 Å². The third-order valence-electron chi connectivity index (χ3n) is 4.23. The smallest absolute Gasteiger partial charge is 0.321 e. The molecule has 0 aromatic rings. The summed E-state index contributed by atoms with van der Waals surface area (Å²) in [5.41, 5.74) is -1.30. The van der Waals surface area contributed by atoms with E-state index in [2.05, 4.69) is 16.0 Å². The quantitative estimate of drug-likeness (QED) is 0.616. The van der Waals surface area contributed by atoms with Crippen molar-refractivity contribution >= 4 is 23.8 Å². The third kappa shape index (κ3) is 6.65. The number of esters is 1. The van der Waals surface area contributed by atoms with Crippen LogP contribution in [0.4, 0.5) is 4.79 Å². The minimum Gasteiger partial charge on any atom is -0.452 e. The molecule has 0 aromatic heterocycles. The first-order chi connectivity index (χ1) is 12.0. The average molecular weight is 369 g/mol. The average Bonchev–Trinajstić information content (AvgIpc) is 2.94. The van der Waals surface area contributed by atoms with E-state index in [9.17, 15) is 19.2 Å². The molecule has 8 nitrogen and oxygen atoms in total. The van der Waals surface area contributed by atoms with Gasteiger partial charge in [-0.25, -0.2) is 4.79 Å². The molecule has 0 aliphatic heterocycles. The van der Waals surface area contributed by atoms with Crippen molar-refractivity contribution in [3.05, 3.63) is 0 Å². The Bertz CT molecular complexity index is 548. The highest BCUT2D eigenvalue weighted by Gasteiger charge is 2.45. The molecule has 1 unspecified atom stereocenters. The van der Waals surface area contributed by atoms with Crippen LogP contribution >= 0.6 is 0 Å². The Kier molecular flexibility index (Phi) is 7.59. The van der Waals surface area contributed by atoms with E-state index >= 15 is 0 Å². The zero-order valence-corrected chi connectivity index (χ0v) is 16.4. The lowest BCUT2D eigenvalue weighted by Gasteiger charge is -2.29. The topological polar surface area (TPSA) is 114 Å². The summed E-state index contributed by atoms with van der Waals surface area (Å²) < 4.78 is 5.30. The zero-order valence-electron chi connectivity index (χ0n) is 16.4. The van der Waals surface area contributed by atoms with Gasteiger partial charge in [0.2, 0.25) is 5.91 Å². The highest BCUT2D eigenvalue weighted by molar-refractivity contribution is 5.97. The molecular formula is C18H31N3O5. The van der Waals surface area contributed by atoms with Crippen molar-refractivity contribution in [2.75, 3.05) is 6.54 Å². The van der Waals surface area contributed by atoms with E-state index in [4.69, 9.17) is 4.74 Å². The lowest BCUT2D eigenvalue weighted by Crippen LogP contribution is -2.47. The number of carbonyl (C=O) groups excluding carboxylic acids is 4. The van der Waals surface area contributed by atoms with Crippen molar-refractivity contribution < 1.29 is 23.9 Å². The molecule has 1 atom stereocenters. The van der Waals surface area contributed by atoms with Crippen LogP contribution in [0.3, 0.4) is 0 Å². The molecule has 26 heavy (non-hydrogen) atoms. The van der Waals surface area contributed by atoms with Crippen molar-refractivity contribution in [1.82, 2.24) is 16.0 Å². The van der Waals surface area contributed by atoms with E-state index in [1.165, 1.54) is 6.92 Å². The van der Waals surface area contributed by atoms with Gasteiger partial charge < -0.3 is 15.4 Å².